The van der Waals surface area contributed by atoms with Crippen molar-refractivity contribution in [2.45, 2.75) is 72.4 Å². The molecule has 2 rings (SSSR count). The van der Waals surface area contributed by atoms with E-state index in [1.165, 1.54) is 0 Å². The predicted molar refractivity (Wildman–Crippen MR) is 85.9 cm³/mol. The average molecular weight is 290 g/mol. The van der Waals surface area contributed by atoms with Gasteiger partial charge in [-0.25, -0.2) is 4.68 Å². The van der Waals surface area contributed by atoms with Crippen LogP contribution in [0.15, 0.2) is 11.0 Å². The molecule has 2 aromatic heterocycles. The molecule has 2 aromatic rings. The SMILES string of the molecule is CCC(C)n1nc(C(C)C)c2cnn(C(C)(C)C)c2c1=O. The lowest BCUT2D eigenvalue weighted by atomic mass is 10.1. The van der Waals surface area contributed by atoms with Gasteiger partial charge >= 0.3 is 0 Å². The Morgan fingerprint density at radius 2 is 1.86 bits per heavy atom. The molecule has 0 radical (unpaired) electrons. The molecule has 116 valence electrons. The molecular weight excluding hydrogens is 264 g/mol. The summed E-state index contributed by atoms with van der Waals surface area (Å²) < 4.78 is 3.46. The molecule has 0 aromatic carbocycles. The lowest BCUT2D eigenvalue weighted by Crippen LogP contribution is -2.32. The lowest BCUT2D eigenvalue weighted by Gasteiger charge is -2.22. The third-order valence-electron chi connectivity index (χ3n) is 3.86. The van der Waals surface area contributed by atoms with Gasteiger partial charge in [0.2, 0.25) is 0 Å². The van der Waals surface area contributed by atoms with Gasteiger partial charge in [0.05, 0.1) is 23.5 Å². The van der Waals surface area contributed by atoms with Crippen molar-refractivity contribution in [1.29, 1.82) is 0 Å². The highest BCUT2D eigenvalue weighted by Gasteiger charge is 2.24. The number of aromatic nitrogens is 4. The van der Waals surface area contributed by atoms with Crippen molar-refractivity contribution >= 4 is 10.9 Å². The Hall–Kier alpha value is -1.65. The summed E-state index contributed by atoms with van der Waals surface area (Å²) in [6, 6.07) is 0.0859. The van der Waals surface area contributed by atoms with Crippen LogP contribution in [-0.4, -0.2) is 19.6 Å². The molecular formula is C16H26N4O. The van der Waals surface area contributed by atoms with Crippen LogP contribution in [0.2, 0.25) is 0 Å². The maximum atomic E-state index is 12.9. The van der Waals surface area contributed by atoms with Crippen molar-refractivity contribution in [2.24, 2.45) is 0 Å². The van der Waals surface area contributed by atoms with E-state index in [1.54, 1.807) is 10.9 Å². The fourth-order valence-corrected chi connectivity index (χ4v) is 2.47. The molecule has 0 aliphatic heterocycles. The van der Waals surface area contributed by atoms with Crippen molar-refractivity contribution in [3.63, 3.8) is 0 Å². The topological polar surface area (TPSA) is 52.7 Å². The fourth-order valence-electron chi connectivity index (χ4n) is 2.47. The summed E-state index contributed by atoms with van der Waals surface area (Å²) >= 11 is 0. The van der Waals surface area contributed by atoms with Gasteiger partial charge < -0.3 is 0 Å². The van der Waals surface area contributed by atoms with Crippen molar-refractivity contribution in [2.75, 3.05) is 0 Å². The van der Waals surface area contributed by atoms with Crippen LogP contribution in [0.25, 0.3) is 10.9 Å². The molecule has 0 saturated carbocycles. The van der Waals surface area contributed by atoms with Crippen LogP contribution >= 0.6 is 0 Å². The zero-order valence-electron chi connectivity index (χ0n) is 14.1. The van der Waals surface area contributed by atoms with Gasteiger partial charge in [0.25, 0.3) is 5.56 Å². The quantitative estimate of drug-likeness (QED) is 0.870. The molecule has 2 heterocycles. The molecule has 0 spiro atoms. The predicted octanol–water partition coefficient (Wildman–Crippen LogP) is 3.44. The second-order valence-corrected chi connectivity index (χ2v) is 7.04. The van der Waals surface area contributed by atoms with Crippen molar-refractivity contribution in [3.05, 3.63) is 22.2 Å². The van der Waals surface area contributed by atoms with E-state index in [2.05, 4.69) is 51.7 Å². The van der Waals surface area contributed by atoms with E-state index in [0.29, 0.717) is 5.52 Å². The van der Waals surface area contributed by atoms with Gasteiger partial charge in [0, 0.05) is 5.39 Å². The first-order valence-corrected chi connectivity index (χ1v) is 7.69. The van der Waals surface area contributed by atoms with Crippen LogP contribution in [0.5, 0.6) is 0 Å². The Morgan fingerprint density at radius 1 is 1.24 bits per heavy atom. The third kappa shape index (κ3) is 2.61. The van der Waals surface area contributed by atoms with Gasteiger partial charge in [0.1, 0.15) is 5.52 Å². The number of rotatable bonds is 3. The highest BCUT2D eigenvalue weighted by Crippen LogP contribution is 2.25. The molecule has 0 aliphatic rings. The summed E-state index contributed by atoms with van der Waals surface area (Å²) in [6.07, 6.45) is 2.66. The molecule has 1 unspecified atom stereocenters. The highest BCUT2D eigenvalue weighted by molar-refractivity contribution is 5.80. The standard InChI is InChI=1S/C16H26N4O/c1-8-11(4)19-15(21)14-12(13(18-19)10(2)3)9-17-20(14)16(5,6)7/h9-11H,8H2,1-7H3. The molecule has 0 aliphatic carbocycles. The first-order chi connectivity index (χ1) is 9.68. The summed E-state index contributed by atoms with van der Waals surface area (Å²) in [5.74, 6) is 0.251. The Labute approximate surface area is 126 Å². The first-order valence-electron chi connectivity index (χ1n) is 7.69. The maximum absolute atomic E-state index is 12.9. The molecule has 5 heteroatoms. The van der Waals surface area contributed by atoms with Crippen molar-refractivity contribution < 1.29 is 0 Å². The minimum atomic E-state index is -0.232. The largest absolute Gasteiger partial charge is 0.293 e. The van der Waals surface area contributed by atoms with E-state index in [9.17, 15) is 4.79 Å². The third-order valence-corrected chi connectivity index (χ3v) is 3.86. The van der Waals surface area contributed by atoms with Gasteiger partial charge in [-0.05, 0) is 40.0 Å². The summed E-state index contributed by atoms with van der Waals surface area (Å²) in [5, 5.41) is 9.96. The zero-order valence-corrected chi connectivity index (χ0v) is 14.1. The van der Waals surface area contributed by atoms with Crippen molar-refractivity contribution in [1.82, 2.24) is 19.6 Å². The molecule has 0 fully saturated rings. The summed E-state index contributed by atoms with van der Waals surface area (Å²) in [6.45, 7) is 14.5. The van der Waals surface area contributed by atoms with Crippen molar-refractivity contribution in [3.8, 4) is 0 Å². The van der Waals surface area contributed by atoms with Gasteiger partial charge in [-0.1, -0.05) is 20.8 Å². The van der Waals surface area contributed by atoms with Crippen LogP contribution < -0.4 is 5.56 Å². The molecule has 5 nitrogen and oxygen atoms in total. The Balaban J connectivity index is 2.91. The Bertz CT molecular complexity index is 703. The van der Waals surface area contributed by atoms with Crippen LogP contribution in [-0.2, 0) is 5.54 Å². The smallest absolute Gasteiger partial charge is 0.265 e. The Morgan fingerprint density at radius 3 is 2.33 bits per heavy atom. The van der Waals surface area contributed by atoms with Crippen LogP contribution in [0, 0.1) is 0 Å². The second kappa shape index (κ2) is 5.28. The van der Waals surface area contributed by atoms with Gasteiger partial charge in [-0.2, -0.15) is 10.2 Å². The molecule has 0 saturated heterocycles. The second-order valence-electron chi connectivity index (χ2n) is 7.04. The maximum Gasteiger partial charge on any atom is 0.293 e. The van der Waals surface area contributed by atoms with E-state index < -0.39 is 0 Å². The first kappa shape index (κ1) is 15.7. The lowest BCUT2D eigenvalue weighted by molar-refractivity contribution is 0.364. The molecule has 0 amide bonds. The minimum Gasteiger partial charge on any atom is -0.265 e. The van der Waals surface area contributed by atoms with Crippen LogP contribution in [0.3, 0.4) is 0 Å². The number of hydrogen-bond acceptors (Lipinski definition) is 3. The monoisotopic (exact) mass is 290 g/mol. The number of nitrogens with zero attached hydrogens (tertiary/aromatic N) is 4. The Kier molecular flexibility index (Phi) is 3.95. The minimum absolute atomic E-state index is 0.0452. The summed E-state index contributed by atoms with van der Waals surface area (Å²) in [4.78, 5) is 12.9. The van der Waals surface area contributed by atoms with Crippen LogP contribution in [0.4, 0.5) is 0 Å². The fraction of sp³-hybridized carbons (Fsp3) is 0.688. The van der Waals surface area contributed by atoms with Gasteiger partial charge in [0.15, 0.2) is 0 Å². The van der Waals surface area contributed by atoms with Gasteiger partial charge in [-0.3, -0.25) is 9.48 Å². The van der Waals surface area contributed by atoms with E-state index in [4.69, 9.17) is 0 Å². The molecule has 21 heavy (non-hydrogen) atoms. The zero-order chi connectivity index (χ0) is 15.9. The number of hydrogen-bond donors (Lipinski definition) is 0. The number of fused-ring (bicyclic) bond motifs is 1. The summed E-state index contributed by atoms with van der Waals surface area (Å²) in [5.41, 5.74) is 1.34. The van der Waals surface area contributed by atoms with E-state index in [1.807, 2.05) is 11.6 Å². The average Bonchev–Trinajstić information content (AvgIpc) is 2.83. The molecule has 1 atom stereocenters. The van der Waals surface area contributed by atoms with Crippen LogP contribution in [0.1, 0.15) is 72.5 Å². The highest BCUT2D eigenvalue weighted by atomic mass is 16.1. The molecule has 0 bridgehead atoms. The van der Waals surface area contributed by atoms with E-state index in [0.717, 1.165) is 17.5 Å². The van der Waals surface area contributed by atoms with E-state index >= 15 is 0 Å². The van der Waals surface area contributed by atoms with Gasteiger partial charge in [-0.15, -0.1) is 0 Å². The molecule has 0 N–H and O–H groups in total. The normalized spacial score (nSPS) is 14.1. The summed E-state index contributed by atoms with van der Waals surface area (Å²) in [7, 11) is 0. The van der Waals surface area contributed by atoms with E-state index in [-0.39, 0.29) is 23.1 Å².